The number of carbonyl (C=O) groups is 2. The lowest BCUT2D eigenvalue weighted by atomic mass is 9.55. The van der Waals surface area contributed by atoms with Gasteiger partial charge >= 0.3 is 0 Å². The van der Waals surface area contributed by atoms with Crippen LogP contribution in [0.2, 0.25) is 0 Å². The third-order valence-electron chi connectivity index (χ3n) is 5.89. The lowest BCUT2D eigenvalue weighted by Crippen LogP contribution is -2.45. The monoisotopic (exact) mass is 316 g/mol. The Morgan fingerprint density at radius 2 is 2.00 bits per heavy atom. The third-order valence-corrected chi connectivity index (χ3v) is 5.89. The van der Waals surface area contributed by atoms with Gasteiger partial charge in [0.25, 0.3) is 6.47 Å². The molecule has 1 saturated carbocycles. The van der Waals surface area contributed by atoms with Crippen LogP contribution in [0.3, 0.4) is 0 Å². The molecule has 126 valence electrons. The molecule has 0 amide bonds. The van der Waals surface area contributed by atoms with Crippen LogP contribution in [0.1, 0.15) is 80.8 Å². The lowest BCUT2D eigenvalue weighted by molar-refractivity contribution is -0.122. The number of hydrogen-bond acceptors (Lipinski definition) is 2. The number of carbonyl (C=O) groups excluding carboxylic acids is 1. The van der Waals surface area contributed by atoms with Crippen molar-refractivity contribution in [2.24, 2.45) is 11.8 Å². The Labute approximate surface area is 139 Å². The molecule has 3 atom stereocenters. The van der Waals surface area contributed by atoms with Crippen LogP contribution < -0.4 is 0 Å². The van der Waals surface area contributed by atoms with Crippen LogP contribution in [0.4, 0.5) is 0 Å². The molecular weight excluding hydrogens is 288 g/mol. The van der Waals surface area contributed by atoms with Crippen molar-refractivity contribution >= 4 is 12.3 Å². The Morgan fingerprint density at radius 3 is 2.61 bits per heavy atom. The molecular formula is C20H28O3. The van der Waals surface area contributed by atoms with E-state index in [0.29, 0.717) is 23.5 Å². The Balaban J connectivity index is 0.000000595. The zero-order valence-corrected chi connectivity index (χ0v) is 14.6. The maximum absolute atomic E-state index is 12.6. The molecule has 1 N–H and O–H groups in total. The Bertz CT molecular complexity index is 591. The molecule has 2 aliphatic carbocycles. The Morgan fingerprint density at radius 1 is 1.35 bits per heavy atom. The minimum Gasteiger partial charge on any atom is -0.483 e. The summed E-state index contributed by atoms with van der Waals surface area (Å²) in [5.74, 6) is 2.08. The Hall–Kier alpha value is -1.64. The molecule has 1 fully saturated rings. The predicted molar refractivity (Wildman–Crippen MR) is 92.0 cm³/mol. The van der Waals surface area contributed by atoms with E-state index >= 15 is 0 Å². The predicted octanol–water partition coefficient (Wildman–Crippen LogP) is 4.79. The summed E-state index contributed by atoms with van der Waals surface area (Å²) in [7, 11) is 0. The third kappa shape index (κ3) is 3.19. The van der Waals surface area contributed by atoms with Crippen molar-refractivity contribution in [2.75, 3.05) is 0 Å². The molecule has 2 aliphatic rings. The van der Waals surface area contributed by atoms with E-state index in [-0.39, 0.29) is 11.9 Å². The molecule has 0 aromatic heterocycles. The SMILES string of the molecule is CC(C)c1ccc2c(c1)C(=O)CC1C(C)CCCC21C.O=CO. The molecule has 0 spiro atoms. The van der Waals surface area contributed by atoms with Crippen molar-refractivity contribution in [1.29, 1.82) is 0 Å². The highest BCUT2D eigenvalue weighted by atomic mass is 16.3. The topological polar surface area (TPSA) is 54.4 Å². The summed E-state index contributed by atoms with van der Waals surface area (Å²) in [5, 5.41) is 6.89. The lowest BCUT2D eigenvalue weighted by Gasteiger charge is -2.49. The highest BCUT2D eigenvalue weighted by molar-refractivity contribution is 5.99. The van der Waals surface area contributed by atoms with Crippen LogP contribution in [0.25, 0.3) is 0 Å². The van der Waals surface area contributed by atoms with E-state index in [4.69, 9.17) is 9.90 Å². The number of rotatable bonds is 1. The van der Waals surface area contributed by atoms with E-state index in [1.807, 2.05) is 0 Å². The first-order valence-corrected chi connectivity index (χ1v) is 8.60. The van der Waals surface area contributed by atoms with Gasteiger partial charge in [0, 0.05) is 12.0 Å². The number of ketones is 1. The van der Waals surface area contributed by atoms with Crippen LogP contribution in [0.15, 0.2) is 18.2 Å². The number of Topliss-reactive ketones (excluding diaryl/α,β-unsaturated/α-hetero) is 1. The summed E-state index contributed by atoms with van der Waals surface area (Å²) in [6.07, 6.45) is 4.58. The fourth-order valence-electron chi connectivity index (χ4n) is 4.53. The van der Waals surface area contributed by atoms with Crippen molar-refractivity contribution in [2.45, 2.75) is 64.7 Å². The molecule has 1 aromatic rings. The van der Waals surface area contributed by atoms with Crippen LogP contribution >= 0.6 is 0 Å². The van der Waals surface area contributed by atoms with E-state index < -0.39 is 0 Å². The van der Waals surface area contributed by atoms with E-state index in [2.05, 4.69) is 45.9 Å². The molecule has 1 aromatic carbocycles. The molecule has 0 radical (unpaired) electrons. The molecule has 23 heavy (non-hydrogen) atoms. The molecule has 0 bridgehead atoms. The van der Waals surface area contributed by atoms with E-state index in [1.54, 1.807) is 0 Å². The molecule has 3 unspecified atom stereocenters. The average molecular weight is 316 g/mol. The van der Waals surface area contributed by atoms with Crippen molar-refractivity contribution in [3.8, 4) is 0 Å². The van der Waals surface area contributed by atoms with E-state index in [9.17, 15) is 4.79 Å². The van der Waals surface area contributed by atoms with Crippen LogP contribution in [-0.2, 0) is 10.2 Å². The zero-order chi connectivity index (χ0) is 17.2. The van der Waals surface area contributed by atoms with Gasteiger partial charge in [0.2, 0.25) is 0 Å². The molecule has 0 aliphatic heterocycles. The minimum atomic E-state index is -0.250. The van der Waals surface area contributed by atoms with Gasteiger partial charge < -0.3 is 5.11 Å². The molecule has 3 nitrogen and oxygen atoms in total. The van der Waals surface area contributed by atoms with Crippen LogP contribution in [0, 0.1) is 11.8 Å². The van der Waals surface area contributed by atoms with Crippen molar-refractivity contribution in [3.05, 3.63) is 34.9 Å². The minimum absolute atomic E-state index is 0.219. The van der Waals surface area contributed by atoms with Gasteiger partial charge in [-0.1, -0.05) is 52.7 Å². The Kier molecular flexibility index (Phi) is 5.28. The van der Waals surface area contributed by atoms with Gasteiger partial charge in [-0.3, -0.25) is 9.59 Å². The van der Waals surface area contributed by atoms with Gasteiger partial charge in [-0.15, -0.1) is 0 Å². The standard InChI is InChI=1S/C19H26O.CH2O2/c1-12(2)14-7-8-16-15(10-14)18(20)11-17-13(3)6-5-9-19(16,17)4;2-1-3/h7-8,10,12-13,17H,5-6,9,11H2,1-4H3;1H,(H,2,3). The zero-order valence-electron chi connectivity index (χ0n) is 14.6. The number of carboxylic acid groups (broad SMARTS) is 1. The second-order valence-corrected chi connectivity index (χ2v) is 7.59. The fourth-order valence-corrected chi connectivity index (χ4v) is 4.53. The summed E-state index contributed by atoms with van der Waals surface area (Å²) >= 11 is 0. The van der Waals surface area contributed by atoms with Crippen molar-refractivity contribution in [1.82, 2.24) is 0 Å². The molecule has 0 saturated heterocycles. The maximum Gasteiger partial charge on any atom is 0.290 e. The highest BCUT2D eigenvalue weighted by Gasteiger charge is 2.47. The van der Waals surface area contributed by atoms with E-state index in [1.165, 1.54) is 30.4 Å². The molecule has 3 rings (SSSR count). The summed E-state index contributed by atoms with van der Waals surface area (Å²) in [5.41, 5.74) is 3.86. The van der Waals surface area contributed by atoms with Gasteiger partial charge in [0.15, 0.2) is 5.78 Å². The summed E-state index contributed by atoms with van der Waals surface area (Å²) in [6, 6.07) is 6.67. The normalized spacial score (nSPS) is 29.2. The van der Waals surface area contributed by atoms with Gasteiger partial charge in [0.1, 0.15) is 0 Å². The summed E-state index contributed by atoms with van der Waals surface area (Å²) in [6.45, 7) is 8.88. The highest BCUT2D eigenvalue weighted by Crippen LogP contribution is 2.52. The largest absolute Gasteiger partial charge is 0.483 e. The molecule has 0 heterocycles. The first kappa shape index (κ1) is 17.7. The summed E-state index contributed by atoms with van der Waals surface area (Å²) < 4.78 is 0. The smallest absolute Gasteiger partial charge is 0.290 e. The first-order chi connectivity index (χ1) is 10.8. The van der Waals surface area contributed by atoms with Crippen molar-refractivity contribution in [3.63, 3.8) is 0 Å². The second-order valence-electron chi connectivity index (χ2n) is 7.59. The number of benzene rings is 1. The number of hydrogen-bond donors (Lipinski definition) is 1. The quantitative estimate of drug-likeness (QED) is 0.758. The maximum atomic E-state index is 12.6. The van der Waals surface area contributed by atoms with Gasteiger partial charge in [-0.2, -0.15) is 0 Å². The first-order valence-electron chi connectivity index (χ1n) is 8.60. The average Bonchev–Trinajstić information content (AvgIpc) is 2.50. The van der Waals surface area contributed by atoms with Crippen LogP contribution in [-0.4, -0.2) is 17.4 Å². The number of fused-ring (bicyclic) bond motifs is 3. The van der Waals surface area contributed by atoms with Gasteiger partial charge in [-0.25, -0.2) is 0 Å². The fraction of sp³-hybridized carbons (Fsp3) is 0.600. The van der Waals surface area contributed by atoms with Gasteiger partial charge in [-0.05, 0) is 46.8 Å². The van der Waals surface area contributed by atoms with E-state index in [0.717, 1.165) is 12.0 Å². The molecule has 3 heteroatoms. The van der Waals surface area contributed by atoms with Crippen molar-refractivity contribution < 1.29 is 14.7 Å². The second kappa shape index (κ2) is 6.86. The van der Waals surface area contributed by atoms with Gasteiger partial charge in [0.05, 0.1) is 0 Å². The van der Waals surface area contributed by atoms with Crippen LogP contribution in [0.5, 0.6) is 0 Å². The summed E-state index contributed by atoms with van der Waals surface area (Å²) in [4.78, 5) is 21.0.